The molecule has 0 radical (unpaired) electrons. The number of hydrogen-bond donors (Lipinski definition) is 8. The predicted octanol–water partition coefficient (Wildman–Crippen LogP) is -5.18. The SMILES string of the molecule is CC(=O)NC1C(OCCOCCOCN(C)COCCOCCOC2OC(CO)C3(O)C(O)C3C2NC(C)=O)OC(CO)C(O)C1O. The number of aliphatic hydroxyl groups excluding tert-OH is 5. The van der Waals surface area contributed by atoms with Gasteiger partial charge in [0.25, 0.3) is 0 Å². The highest BCUT2D eigenvalue weighted by molar-refractivity contribution is 5.73. The van der Waals surface area contributed by atoms with Crippen LogP contribution in [-0.4, -0.2) is 195 Å². The number of rotatable bonds is 22. The van der Waals surface area contributed by atoms with Crippen LogP contribution < -0.4 is 10.6 Å². The molecular weight excluding hydrogens is 634 g/mol. The van der Waals surface area contributed by atoms with Gasteiger partial charge in [-0.05, 0) is 7.05 Å². The topological polar surface area (TPSA) is 257 Å². The van der Waals surface area contributed by atoms with Crippen molar-refractivity contribution in [2.75, 3.05) is 86.6 Å². The Kier molecular flexibility index (Phi) is 16.5. The number of carbonyl (C=O) groups is 2. The van der Waals surface area contributed by atoms with Crippen LogP contribution in [0.5, 0.6) is 0 Å². The summed E-state index contributed by atoms with van der Waals surface area (Å²) in [4.78, 5) is 24.9. The van der Waals surface area contributed by atoms with Gasteiger partial charge in [-0.25, -0.2) is 0 Å². The van der Waals surface area contributed by atoms with Crippen LogP contribution in [0.25, 0.3) is 0 Å². The minimum absolute atomic E-state index is 0.0642. The van der Waals surface area contributed by atoms with E-state index in [1.165, 1.54) is 13.8 Å². The summed E-state index contributed by atoms with van der Waals surface area (Å²) in [5.41, 5.74) is -1.63. The summed E-state index contributed by atoms with van der Waals surface area (Å²) in [6.45, 7) is 3.77. The van der Waals surface area contributed by atoms with Crippen molar-refractivity contribution in [2.24, 2.45) is 5.92 Å². The summed E-state index contributed by atoms with van der Waals surface area (Å²) in [7, 11) is 1.80. The van der Waals surface area contributed by atoms with E-state index in [4.69, 9.17) is 37.9 Å². The molecule has 8 N–H and O–H groups in total. The number of fused-ring (bicyclic) bond motifs is 1. The van der Waals surface area contributed by atoms with Crippen molar-refractivity contribution in [3.05, 3.63) is 0 Å². The van der Waals surface area contributed by atoms with E-state index >= 15 is 0 Å². The average molecular weight is 686 g/mol. The minimum atomic E-state index is -1.63. The van der Waals surface area contributed by atoms with Crippen molar-refractivity contribution in [3.8, 4) is 0 Å². The van der Waals surface area contributed by atoms with Crippen molar-refractivity contribution in [3.63, 3.8) is 0 Å². The zero-order valence-corrected chi connectivity index (χ0v) is 27.0. The van der Waals surface area contributed by atoms with Crippen LogP contribution in [0.3, 0.4) is 0 Å². The van der Waals surface area contributed by atoms with Gasteiger partial charge in [0, 0.05) is 19.8 Å². The first-order chi connectivity index (χ1) is 22.4. The molecule has 0 spiro atoms. The molecule has 0 bridgehead atoms. The zero-order chi connectivity index (χ0) is 34.6. The zero-order valence-electron chi connectivity index (χ0n) is 27.0. The molecule has 11 atom stereocenters. The van der Waals surface area contributed by atoms with Crippen molar-refractivity contribution in [1.82, 2.24) is 15.5 Å². The fourth-order valence-electron chi connectivity index (χ4n) is 5.52. The Morgan fingerprint density at radius 2 is 1.21 bits per heavy atom. The maximum Gasteiger partial charge on any atom is 0.217 e. The van der Waals surface area contributed by atoms with Gasteiger partial charge in [-0.15, -0.1) is 0 Å². The van der Waals surface area contributed by atoms with E-state index in [1.807, 2.05) is 0 Å². The van der Waals surface area contributed by atoms with E-state index < -0.39 is 85.8 Å². The summed E-state index contributed by atoms with van der Waals surface area (Å²) in [6.07, 6.45) is -8.07. The Morgan fingerprint density at radius 3 is 1.72 bits per heavy atom. The van der Waals surface area contributed by atoms with Crippen molar-refractivity contribution in [2.45, 2.75) is 74.6 Å². The number of amides is 2. The maximum atomic E-state index is 11.6. The molecule has 47 heavy (non-hydrogen) atoms. The van der Waals surface area contributed by atoms with Crippen LogP contribution in [-0.2, 0) is 47.5 Å². The molecule has 274 valence electrons. The molecule has 3 rings (SSSR count). The lowest BCUT2D eigenvalue weighted by molar-refractivity contribution is -0.272. The van der Waals surface area contributed by atoms with Gasteiger partial charge in [-0.2, -0.15) is 0 Å². The number of nitrogens with one attached hydrogen (secondary N) is 2. The Bertz CT molecular complexity index is 953. The molecule has 11 unspecified atom stereocenters. The average Bonchev–Trinajstić information content (AvgIpc) is 3.59. The number of aliphatic hydroxyl groups is 6. The lowest BCUT2D eigenvalue weighted by Gasteiger charge is -2.42. The predicted molar refractivity (Wildman–Crippen MR) is 156 cm³/mol. The molecule has 19 heteroatoms. The van der Waals surface area contributed by atoms with Crippen LogP contribution in [0.4, 0.5) is 0 Å². The Balaban J connectivity index is 1.17. The normalized spacial score (nSPS) is 35.0. The minimum Gasteiger partial charge on any atom is -0.394 e. The number of carbonyl (C=O) groups excluding carboxylic acids is 2. The molecule has 3 aliphatic rings. The van der Waals surface area contributed by atoms with E-state index in [1.54, 1.807) is 11.9 Å². The van der Waals surface area contributed by atoms with E-state index in [2.05, 4.69) is 10.6 Å². The first-order valence-electron chi connectivity index (χ1n) is 15.5. The van der Waals surface area contributed by atoms with Gasteiger partial charge in [0.2, 0.25) is 11.8 Å². The second kappa shape index (κ2) is 19.5. The Hall–Kier alpha value is -1.66. The first-order valence-corrected chi connectivity index (χ1v) is 15.5. The standard InChI is InChI=1S/C28H51N3O16/c1-16(34)29-21-20-25(38)28(20,39)19(13-33)47-26(21)44-10-8-40-4-6-42-14-31(3)15-43-7-5-41-9-11-45-27-22(30-17(2)35)24(37)23(36)18(12-32)46-27/h18-27,32-33,36-39H,4-15H2,1-3H3,(H,29,34)(H,30,35). The molecule has 2 amide bonds. The molecule has 19 nitrogen and oxygen atoms in total. The van der Waals surface area contributed by atoms with Crippen molar-refractivity contribution in [1.29, 1.82) is 0 Å². The fourth-order valence-corrected chi connectivity index (χ4v) is 5.52. The van der Waals surface area contributed by atoms with Crippen molar-refractivity contribution < 1.29 is 78.1 Å². The number of nitrogens with zero attached hydrogens (tertiary/aromatic N) is 1. The Morgan fingerprint density at radius 1 is 0.723 bits per heavy atom. The lowest BCUT2D eigenvalue weighted by atomic mass is 9.97. The summed E-state index contributed by atoms with van der Waals surface area (Å²) in [6, 6.07) is -1.80. The molecule has 1 saturated carbocycles. The van der Waals surface area contributed by atoms with Gasteiger partial charge in [0.05, 0.1) is 78.2 Å². The lowest BCUT2D eigenvalue weighted by Crippen LogP contribution is -2.64. The van der Waals surface area contributed by atoms with Crippen LogP contribution in [0.2, 0.25) is 0 Å². The smallest absolute Gasteiger partial charge is 0.217 e. The van der Waals surface area contributed by atoms with Crippen LogP contribution >= 0.6 is 0 Å². The van der Waals surface area contributed by atoms with E-state index in [0.29, 0.717) is 13.2 Å². The Labute approximate surface area is 272 Å². The summed E-state index contributed by atoms with van der Waals surface area (Å²) < 4.78 is 44.4. The van der Waals surface area contributed by atoms with E-state index in [-0.39, 0.29) is 59.0 Å². The van der Waals surface area contributed by atoms with Crippen LogP contribution in [0.1, 0.15) is 13.8 Å². The van der Waals surface area contributed by atoms with Gasteiger partial charge >= 0.3 is 0 Å². The van der Waals surface area contributed by atoms with Crippen LogP contribution in [0, 0.1) is 5.92 Å². The van der Waals surface area contributed by atoms with Gasteiger partial charge in [0.1, 0.15) is 49.5 Å². The van der Waals surface area contributed by atoms with Gasteiger partial charge in [0.15, 0.2) is 12.6 Å². The number of ether oxygens (including phenoxy) is 8. The highest BCUT2D eigenvalue weighted by Gasteiger charge is 2.75. The monoisotopic (exact) mass is 685 g/mol. The van der Waals surface area contributed by atoms with E-state index in [0.717, 1.165) is 0 Å². The quantitative estimate of drug-likeness (QED) is 0.0391. The fraction of sp³-hybridized carbons (Fsp3) is 0.929. The molecule has 2 saturated heterocycles. The summed E-state index contributed by atoms with van der Waals surface area (Å²) in [5.74, 6) is -1.53. The van der Waals surface area contributed by atoms with Crippen molar-refractivity contribution >= 4 is 11.8 Å². The molecule has 3 fully saturated rings. The van der Waals surface area contributed by atoms with Gasteiger partial charge in [-0.3, -0.25) is 14.5 Å². The van der Waals surface area contributed by atoms with Gasteiger partial charge in [-0.1, -0.05) is 0 Å². The highest BCUT2D eigenvalue weighted by Crippen LogP contribution is 2.54. The second-order valence-electron chi connectivity index (χ2n) is 11.6. The molecule has 1 aliphatic carbocycles. The molecule has 0 aromatic carbocycles. The molecule has 0 aromatic rings. The largest absolute Gasteiger partial charge is 0.394 e. The maximum absolute atomic E-state index is 11.6. The third kappa shape index (κ3) is 11.2. The highest BCUT2D eigenvalue weighted by atomic mass is 16.7. The third-order valence-electron chi connectivity index (χ3n) is 7.91. The van der Waals surface area contributed by atoms with Gasteiger partial charge < -0.3 is 79.2 Å². The number of hydrogen-bond acceptors (Lipinski definition) is 17. The summed E-state index contributed by atoms with van der Waals surface area (Å²) >= 11 is 0. The molecule has 0 aromatic heterocycles. The second-order valence-corrected chi connectivity index (χ2v) is 11.6. The van der Waals surface area contributed by atoms with Crippen LogP contribution in [0.15, 0.2) is 0 Å². The van der Waals surface area contributed by atoms with E-state index in [9.17, 15) is 40.2 Å². The first kappa shape index (κ1) is 39.8. The molecule has 2 heterocycles. The summed E-state index contributed by atoms with van der Waals surface area (Å²) in [5, 5.41) is 65.1. The molecular formula is C28H51N3O16. The third-order valence-corrected chi connectivity index (χ3v) is 7.91. The molecule has 2 aliphatic heterocycles.